The Morgan fingerprint density at radius 3 is 2.71 bits per heavy atom. The Bertz CT molecular complexity index is 510. The summed E-state index contributed by atoms with van der Waals surface area (Å²) in [5, 5.41) is 0. The standard InChI is InChI=1S/C15H18O6/c1-7(2)13(16)19-3-4-20-15(18)11-8-5-9-10(6-8)14(17)21-12(9)11/h8-12H,1,3-6H2,2H3. The van der Waals surface area contributed by atoms with E-state index < -0.39 is 5.97 Å². The monoisotopic (exact) mass is 294 g/mol. The van der Waals surface area contributed by atoms with Crippen LogP contribution in [0.2, 0.25) is 0 Å². The largest absolute Gasteiger partial charge is 0.462 e. The topological polar surface area (TPSA) is 78.9 Å². The van der Waals surface area contributed by atoms with Crippen LogP contribution in [0.3, 0.4) is 0 Å². The first-order chi connectivity index (χ1) is 9.99. The van der Waals surface area contributed by atoms with Crippen LogP contribution in [0.15, 0.2) is 12.2 Å². The summed E-state index contributed by atoms with van der Waals surface area (Å²) in [6.07, 6.45) is 1.28. The van der Waals surface area contributed by atoms with Crippen molar-refractivity contribution in [3.05, 3.63) is 12.2 Å². The van der Waals surface area contributed by atoms with Crippen LogP contribution in [-0.2, 0) is 28.6 Å². The fraction of sp³-hybridized carbons (Fsp3) is 0.667. The fourth-order valence-corrected chi connectivity index (χ4v) is 3.78. The molecule has 0 spiro atoms. The average molecular weight is 294 g/mol. The van der Waals surface area contributed by atoms with Gasteiger partial charge in [-0.05, 0) is 25.7 Å². The molecule has 1 aliphatic heterocycles. The maximum atomic E-state index is 12.1. The maximum absolute atomic E-state index is 12.1. The van der Waals surface area contributed by atoms with Gasteiger partial charge in [0.05, 0.1) is 11.8 Å². The second-order valence-electron chi connectivity index (χ2n) is 6.01. The lowest BCUT2D eigenvalue weighted by Gasteiger charge is -2.23. The number of hydrogen-bond donors (Lipinski definition) is 0. The third kappa shape index (κ3) is 2.32. The first-order valence-corrected chi connectivity index (χ1v) is 7.19. The van der Waals surface area contributed by atoms with Crippen LogP contribution in [0, 0.1) is 23.7 Å². The Balaban J connectivity index is 1.48. The van der Waals surface area contributed by atoms with Crippen LogP contribution in [0.5, 0.6) is 0 Å². The molecule has 21 heavy (non-hydrogen) atoms. The normalized spacial score (nSPS) is 35.5. The Labute approximate surface area is 122 Å². The van der Waals surface area contributed by atoms with Crippen molar-refractivity contribution >= 4 is 17.9 Å². The number of hydrogen-bond acceptors (Lipinski definition) is 6. The summed E-state index contributed by atoms with van der Waals surface area (Å²) in [6.45, 7) is 5.02. The molecule has 0 aromatic carbocycles. The van der Waals surface area contributed by atoms with Crippen LogP contribution >= 0.6 is 0 Å². The third-order valence-electron chi connectivity index (χ3n) is 4.67. The lowest BCUT2D eigenvalue weighted by molar-refractivity contribution is -0.160. The molecule has 1 saturated heterocycles. The quantitative estimate of drug-likeness (QED) is 0.324. The van der Waals surface area contributed by atoms with Gasteiger partial charge in [0.1, 0.15) is 19.3 Å². The smallest absolute Gasteiger partial charge is 0.333 e. The van der Waals surface area contributed by atoms with Gasteiger partial charge in [0.15, 0.2) is 0 Å². The molecule has 2 bridgehead atoms. The first-order valence-electron chi connectivity index (χ1n) is 7.19. The molecule has 5 atom stereocenters. The molecule has 5 unspecified atom stereocenters. The van der Waals surface area contributed by atoms with E-state index in [1.807, 2.05) is 0 Å². The molecule has 1 heterocycles. The highest BCUT2D eigenvalue weighted by atomic mass is 16.6. The zero-order valence-corrected chi connectivity index (χ0v) is 11.9. The minimum Gasteiger partial charge on any atom is -0.462 e. The highest BCUT2D eigenvalue weighted by Crippen LogP contribution is 2.57. The number of fused-ring (bicyclic) bond motifs is 1. The van der Waals surface area contributed by atoms with Gasteiger partial charge in [0.25, 0.3) is 0 Å². The molecule has 0 aromatic rings. The SMILES string of the molecule is C=C(C)C(=O)OCCOC(=O)C1C2CC3C(=O)OC1C3C2. The van der Waals surface area contributed by atoms with E-state index in [-0.39, 0.29) is 54.9 Å². The van der Waals surface area contributed by atoms with E-state index in [0.29, 0.717) is 5.57 Å². The average Bonchev–Trinajstić information content (AvgIpc) is 3.04. The molecule has 0 aromatic heterocycles. The van der Waals surface area contributed by atoms with Crippen LogP contribution in [0.4, 0.5) is 0 Å². The van der Waals surface area contributed by atoms with Gasteiger partial charge in [-0.25, -0.2) is 4.79 Å². The minimum atomic E-state index is -0.501. The number of carbonyl (C=O) groups excluding carboxylic acids is 3. The van der Waals surface area contributed by atoms with Crippen LogP contribution in [-0.4, -0.2) is 37.2 Å². The van der Waals surface area contributed by atoms with E-state index in [9.17, 15) is 14.4 Å². The Kier molecular flexibility index (Phi) is 3.47. The van der Waals surface area contributed by atoms with Crippen LogP contribution in [0.1, 0.15) is 19.8 Å². The summed E-state index contributed by atoms with van der Waals surface area (Å²) in [7, 11) is 0. The van der Waals surface area contributed by atoms with Gasteiger partial charge in [0, 0.05) is 11.5 Å². The minimum absolute atomic E-state index is 0.00529. The molecule has 2 aliphatic carbocycles. The molecule has 3 rings (SSSR count). The van der Waals surface area contributed by atoms with E-state index in [1.54, 1.807) is 6.92 Å². The highest BCUT2D eigenvalue weighted by molar-refractivity contribution is 5.87. The molecule has 2 saturated carbocycles. The predicted molar refractivity (Wildman–Crippen MR) is 69.8 cm³/mol. The second-order valence-corrected chi connectivity index (χ2v) is 6.01. The third-order valence-corrected chi connectivity index (χ3v) is 4.67. The molecule has 0 N–H and O–H groups in total. The molecule has 0 amide bonds. The van der Waals surface area contributed by atoms with Gasteiger partial charge in [0.2, 0.25) is 0 Å². The van der Waals surface area contributed by atoms with Gasteiger partial charge in [-0.2, -0.15) is 0 Å². The van der Waals surface area contributed by atoms with Crippen molar-refractivity contribution in [2.45, 2.75) is 25.9 Å². The Hall–Kier alpha value is -1.85. The number of esters is 3. The summed E-state index contributed by atoms with van der Waals surface area (Å²) in [5.74, 6) is -1.03. The number of ether oxygens (including phenoxy) is 3. The number of carbonyl (C=O) groups is 3. The second kappa shape index (κ2) is 5.16. The molecule has 0 radical (unpaired) electrons. The van der Waals surface area contributed by atoms with Gasteiger partial charge in [-0.15, -0.1) is 0 Å². The highest BCUT2D eigenvalue weighted by Gasteiger charge is 2.64. The van der Waals surface area contributed by atoms with E-state index in [0.717, 1.165) is 12.8 Å². The van der Waals surface area contributed by atoms with E-state index in [1.165, 1.54) is 0 Å². The maximum Gasteiger partial charge on any atom is 0.333 e. The molecular weight excluding hydrogens is 276 g/mol. The first kappa shape index (κ1) is 14.1. The van der Waals surface area contributed by atoms with E-state index >= 15 is 0 Å². The Morgan fingerprint density at radius 2 is 2.00 bits per heavy atom. The van der Waals surface area contributed by atoms with Crippen molar-refractivity contribution in [3.63, 3.8) is 0 Å². The van der Waals surface area contributed by atoms with Gasteiger partial charge in [-0.3, -0.25) is 9.59 Å². The van der Waals surface area contributed by atoms with Gasteiger partial charge < -0.3 is 14.2 Å². The zero-order valence-electron chi connectivity index (χ0n) is 11.9. The summed E-state index contributed by atoms with van der Waals surface area (Å²) >= 11 is 0. The van der Waals surface area contributed by atoms with Crippen LogP contribution in [0.25, 0.3) is 0 Å². The summed E-state index contributed by atoms with van der Waals surface area (Å²) in [5.41, 5.74) is 0.304. The van der Waals surface area contributed by atoms with Gasteiger partial charge >= 0.3 is 17.9 Å². The van der Waals surface area contributed by atoms with Crippen LogP contribution < -0.4 is 0 Å². The lowest BCUT2D eigenvalue weighted by Crippen LogP contribution is -2.35. The summed E-state index contributed by atoms with van der Waals surface area (Å²) in [4.78, 5) is 34.9. The molecule has 6 heteroatoms. The number of rotatable bonds is 5. The lowest BCUT2D eigenvalue weighted by atomic mass is 9.82. The molecular formula is C15H18O6. The molecule has 114 valence electrons. The van der Waals surface area contributed by atoms with Crippen molar-refractivity contribution in [3.8, 4) is 0 Å². The van der Waals surface area contributed by atoms with Crippen molar-refractivity contribution < 1.29 is 28.6 Å². The van der Waals surface area contributed by atoms with Crippen molar-refractivity contribution in [2.75, 3.05) is 13.2 Å². The summed E-state index contributed by atoms with van der Waals surface area (Å²) in [6, 6.07) is 0. The van der Waals surface area contributed by atoms with E-state index in [4.69, 9.17) is 14.2 Å². The summed E-state index contributed by atoms with van der Waals surface area (Å²) < 4.78 is 15.3. The van der Waals surface area contributed by atoms with Crippen molar-refractivity contribution in [1.82, 2.24) is 0 Å². The zero-order chi connectivity index (χ0) is 15.1. The molecule has 6 nitrogen and oxygen atoms in total. The van der Waals surface area contributed by atoms with Crippen molar-refractivity contribution in [1.29, 1.82) is 0 Å². The predicted octanol–water partition coefficient (Wildman–Crippen LogP) is 0.846. The van der Waals surface area contributed by atoms with Gasteiger partial charge in [-0.1, -0.05) is 6.58 Å². The van der Waals surface area contributed by atoms with E-state index in [2.05, 4.69) is 6.58 Å². The molecule has 3 aliphatic rings. The Morgan fingerprint density at radius 1 is 1.29 bits per heavy atom. The van der Waals surface area contributed by atoms with Crippen molar-refractivity contribution in [2.24, 2.45) is 23.7 Å². The fourth-order valence-electron chi connectivity index (χ4n) is 3.78. The molecule has 3 fully saturated rings.